The van der Waals surface area contributed by atoms with E-state index in [1.807, 2.05) is 32.0 Å². The molecule has 0 radical (unpaired) electrons. The third-order valence-corrected chi connectivity index (χ3v) is 9.26. The highest BCUT2D eigenvalue weighted by Crippen LogP contribution is 2.33. The SMILES string of the molecule is CC.CC(O/N=C(\C(=O)NC1C(=O)N(OS(=O)(=O)O)C1(C)C)c1csc(N)n1)C1CCc2cc(C(N)=NCC3CCNCC3)ccc2O1.CO. The number of thiazole rings is 1. The second-order valence-electron chi connectivity index (χ2n) is 12.0. The number of β-lactam (4-membered cyclic amide) rings is 1. The molecule has 2 fully saturated rings. The molecule has 0 aliphatic carbocycles. The zero-order valence-electron chi connectivity index (χ0n) is 29.1. The summed E-state index contributed by atoms with van der Waals surface area (Å²) in [7, 11) is -3.96. The van der Waals surface area contributed by atoms with Crippen LogP contribution in [0.5, 0.6) is 5.75 Å². The van der Waals surface area contributed by atoms with Gasteiger partial charge in [0.1, 0.15) is 29.4 Å². The van der Waals surface area contributed by atoms with Crippen molar-refractivity contribution in [2.75, 3.05) is 32.5 Å². The maximum atomic E-state index is 13.3. The summed E-state index contributed by atoms with van der Waals surface area (Å²) in [5, 5.41) is 19.1. The first-order valence-corrected chi connectivity index (χ1v) is 18.5. The minimum absolute atomic E-state index is 0.115. The van der Waals surface area contributed by atoms with Crippen LogP contribution in [0.3, 0.4) is 0 Å². The Morgan fingerprint density at radius 3 is 2.54 bits per heavy atom. The fraction of sp³-hybridized carbons (Fsp3) is 0.581. The number of amidine groups is 1. The van der Waals surface area contributed by atoms with Crippen LogP contribution in [0.15, 0.2) is 33.7 Å². The van der Waals surface area contributed by atoms with E-state index in [1.54, 1.807) is 6.92 Å². The van der Waals surface area contributed by atoms with Gasteiger partial charge in [0, 0.05) is 24.6 Å². The molecule has 0 saturated carbocycles. The average Bonchev–Trinajstić information content (AvgIpc) is 3.55. The Kier molecular flexibility index (Phi) is 14.5. The van der Waals surface area contributed by atoms with Gasteiger partial charge in [0.2, 0.25) is 0 Å². The number of carbonyl (C=O) groups is 2. The van der Waals surface area contributed by atoms with E-state index in [9.17, 15) is 18.0 Å². The predicted molar refractivity (Wildman–Crippen MR) is 189 cm³/mol. The Morgan fingerprint density at radius 2 is 1.94 bits per heavy atom. The van der Waals surface area contributed by atoms with Gasteiger partial charge < -0.3 is 36.8 Å². The molecular formula is C31H48N8O9S2. The van der Waals surface area contributed by atoms with Crippen molar-refractivity contribution in [3.8, 4) is 5.75 Å². The van der Waals surface area contributed by atoms with Crippen LogP contribution in [0.4, 0.5) is 5.13 Å². The van der Waals surface area contributed by atoms with Crippen molar-refractivity contribution in [3.63, 3.8) is 0 Å². The molecule has 2 aromatic rings. The Bertz CT molecular complexity index is 1640. The average molecular weight is 741 g/mol. The molecule has 2 amide bonds. The van der Waals surface area contributed by atoms with E-state index < -0.39 is 46.0 Å². The molecule has 0 bridgehead atoms. The lowest BCUT2D eigenvalue weighted by atomic mass is 9.84. The van der Waals surface area contributed by atoms with Gasteiger partial charge >= 0.3 is 10.4 Å². The van der Waals surface area contributed by atoms with Crippen LogP contribution in [-0.2, 0) is 35.5 Å². The lowest BCUT2D eigenvalue weighted by molar-refractivity contribution is -0.218. The van der Waals surface area contributed by atoms with E-state index in [1.165, 1.54) is 19.2 Å². The second kappa shape index (κ2) is 17.9. The van der Waals surface area contributed by atoms with E-state index in [4.69, 9.17) is 30.7 Å². The van der Waals surface area contributed by atoms with Crippen LogP contribution in [0.1, 0.15) is 70.7 Å². The van der Waals surface area contributed by atoms with E-state index in [0.717, 1.165) is 55.5 Å². The number of benzene rings is 1. The van der Waals surface area contributed by atoms with Crippen molar-refractivity contribution < 1.29 is 41.5 Å². The molecule has 3 aliphatic heterocycles. The predicted octanol–water partition coefficient (Wildman–Crippen LogP) is 1.41. The molecule has 4 heterocycles. The molecule has 5 rings (SSSR count). The van der Waals surface area contributed by atoms with Crippen LogP contribution < -0.4 is 26.8 Å². The van der Waals surface area contributed by atoms with Crippen molar-refractivity contribution in [3.05, 3.63) is 40.4 Å². The van der Waals surface area contributed by atoms with E-state index >= 15 is 0 Å². The van der Waals surface area contributed by atoms with Gasteiger partial charge in [0.05, 0.1) is 5.54 Å². The number of hydrogen-bond acceptors (Lipinski definition) is 14. The topological polar surface area (TPSA) is 253 Å². The molecule has 17 nitrogen and oxygen atoms in total. The Morgan fingerprint density at radius 1 is 1.26 bits per heavy atom. The van der Waals surface area contributed by atoms with Gasteiger partial charge in [0.25, 0.3) is 11.8 Å². The largest absolute Gasteiger partial charge is 0.486 e. The molecule has 0 spiro atoms. The number of piperidine rings is 1. The summed E-state index contributed by atoms with van der Waals surface area (Å²) in [5.41, 5.74) is 12.5. The molecule has 1 aromatic heterocycles. The van der Waals surface area contributed by atoms with Gasteiger partial charge in [-0.2, -0.15) is 13.5 Å². The number of ether oxygens (including phenoxy) is 1. The van der Waals surface area contributed by atoms with Crippen LogP contribution in [-0.4, -0.2) is 102 Å². The summed E-state index contributed by atoms with van der Waals surface area (Å²) in [6.07, 6.45) is 2.51. The number of rotatable bonds is 11. The standard InChI is InChI=1S/C28H38N8O8S2.C2H6.CH4O/c1-15(20-6-4-17-12-18(5-7-21(17)42-20)24(29)32-13-16-8-10-31-11-9-16)43-35-22(19-14-45-27(30)33-19)25(37)34-23-26(38)36(28(23,2)3)44-46(39,40)41;2*1-2/h5,7,12,14-16,20,23,31H,4,6,8-11,13H2,1-3H3,(H2,29,32)(H2,30,33)(H,34,37)(H,39,40,41);1-2H3;2H,1H3/b35-22-;;. The number of aromatic nitrogens is 1. The monoisotopic (exact) mass is 740 g/mol. The number of nitrogen functional groups attached to an aromatic ring is 1. The Labute approximate surface area is 296 Å². The van der Waals surface area contributed by atoms with Gasteiger partial charge in [-0.15, -0.1) is 15.6 Å². The number of nitrogens with one attached hydrogen (secondary N) is 2. The van der Waals surface area contributed by atoms with Gasteiger partial charge in [-0.05, 0) is 89.2 Å². The minimum atomic E-state index is -4.96. The molecule has 2 saturated heterocycles. The molecule has 1 aromatic carbocycles. The summed E-state index contributed by atoms with van der Waals surface area (Å²) >= 11 is 1.08. The van der Waals surface area contributed by atoms with Crippen molar-refractivity contribution in [2.45, 2.75) is 84.1 Å². The van der Waals surface area contributed by atoms with Crippen molar-refractivity contribution in [1.82, 2.24) is 20.7 Å². The fourth-order valence-corrected chi connectivity index (χ4v) is 6.51. The van der Waals surface area contributed by atoms with E-state index in [2.05, 4.69) is 30.0 Å². The van der Waals surface area contributed by atoms with Gasteiger partial charge in [-0.1, -0.05) is 19.0 Å². The number of aliphatic hydroxyl groups excluding tert-OH is 1. The fourth-order valence-electron chi connectivity index (χ4n) is 5.51. The van der Waals surface area contributed by atoms with Gasteiger partial charge in [-0.25, -0.2) is 4.98 Å². The first-order valence-electron chi connectivity index (χ1n) is 16.3. The molecule has 50 heavy (non-hydrogen) atoms. The summed E-state index contributed by atoms with van der Waals surface area (Å²) in [4.78, 5) is 40.4. The highest BCUT2D eigenvalue weighted by molar-refractivity contribution is 7.80. The summed E-state index contributed by atoms with van der Waals surface area (Å²) < 4.78 is 41.8. The quantitative estimate of drug-likeness (QED) is 0.0627. The Hall–Kier alpha value is -3.88. The summed E-state index contributed by atoms with van der Waals surface area (Å²) in [6.45, 7) is 11.4. The molecule has 8 N–H and O–H groups in total. The normalized spacial score (nSPS) is 21.2. The summed E-state index contributed by atoms with van der Waals surface area (Å²) in [6, 6.07) is 4.54. The lowest BCUT2D eigenvalue weighted by Gasteiger charge is -2.50. The number of oxime groups is 1. The number of hydroxylamine groups is 2. The van der Waals surface area contributed by atoms with Crippen LogP contribution >= 0.6 is 11.3 Å². The highest BCUT2D eigenvalue weighted by Gasteiger charge is 2.58. The smallest absolute Gasteiger partial charge is 0.418 e. The third-order valence-electron chi connectivity index (χ3n) is 8.25. The van der Waals surface area contributed by atoms with Gasteiger partial charge in [0.15, 0.2) is 16.9 Å². The molecular weight excluding hydrogens is 693 g/mol. The van der Waals surface area contributed by atoms with E-state index in [-0.39, 0.29) is 16.5 Å². The first kappa shape index (κ1) is 40.5. The molecule has 3 unspecified atom stereocenters. The highest BCUT2D eigenvalue weighted by atomic mass is 32.3. The van der Waals surface area contributed by atoms with E-state index in [0.29, 0.717) is 42.0 Å². The number of aryl methyl sites for hydroxylation is 1. The number of aliphatic hydroxyl groups is 1. The maximum Gasteiger partial charge on any atom is 0.418 e. The van der Waals surface area contributed by atoms with Crippen LogP contribution in [0, 0.1) is 5.92 Å². The van der Waals surface area contributed by atoms with Crippen molar-refractivity contribution in [2.24, 2.45) is 21.8 Å². The van der Waals surface area contributed by atoms with Crippen molar-refractivity contribution in [1.29, 1.82) is 0 Å². The van der Waals surface area contributed by atoms with Crippen LogP contribution in [0.2, 0.25) is 0 Å². The first-order chi connectivity index (χ1) is 23.7. The number of nitrogens with zero attached hydrogens (tertiary/aromatic N) is 4. The van der Waals surface area contributed by atoms with Crippen molar-refractivity contribution >= 4 is 50.2 Å². The molecule has 19 heteroatoms. The zero-order valence-corrected chi connectivity index (χ0v) is 30.7. The molecule has 3 atom stereocenters. The number of hydrogen-bond donors (Lipinski definition) is 6. The number of amides is 2. The third kappa shape index (κ3) is 10.1. The number of anilines is 1. The lowest BCUT2D eigenvalue weighted by Crippen LogP contribution is -2.76. The number of nitrogens with two attached hydrogens (primary N) is 2. The number of aliphatic imine (C=N–C) groups is 1. The van der Waals surface area contributed by atoms with Gasteiger partial charge in [-0.3, -0.25) is 19.1 Å². The maximum absolute atomic E-state index is 13.3. The second-order valence-corrected chi connectivity index (χ2v) is 13.8. The number of fused-ring (bicyclic) bond motifs is 1. The Balaban J connectivity index is 0.00000163. The molecule has 3 aliphatic rings. The molecule has 278 valence electrons. The minimum Gasteiger partial charge on any atom is -0.486 e. The number of carbonyl (C=O) groups excluding carboxylic acids is 2. The van der Waals surface area contributed by atoms with Crippen LogP contribution in [0.25, 0.3) is 0 Å². The zero-order chi connectivity index (χ0) is 37.2. The summed E-state index contributed by atoms with van der Waals surface area (Å²) in [5.74, 6) is 0.0226.